The van der Waals surface area contributed by atoms with Gasteiger partial charge in [0.05, 0.1) is 0 Å². The summed E-state index contributed by atoms with van der Waals surface area (Å²) in [5.74, 6) is 1.04. The fraction of sp³-hybridized carbons (Fsp3) is 0.706. The highest BCUT2D eigenvalue weighted by Gasteiger charge is 2.26. The van der Waals surface area contributed by atoms with Gasteiger partial charge >= 0.3 is 0 Å². The van der Waals surface area contributed by atoms with Gasteiger partial charge in [-0.05, 0) is 51.3 Å². The van der Waals surface area contributed by atoms with Gasteiger partial charge in [0.1, 0.15) is 5.82 Å². The van der Waals surface area contributed by atoms with Gasteiger partial charge in [-0.2, -0.15) is 0 Å². The van der Waals surface area contributed by atoms with Crippen LogP contribution in [0.5, 0.6) is 0 Å². The van der Waals surface area contributed by atoms with Crippen molar-refractivity contribution in [3.05, 3.63) is 23.9 Å². The summed E-state index contributed by atoms with van der Waals surface area (Å²) in [7, 11) is 0. The Bertz CT molecular complexity index is 426. The van der Waals surface area contributed by atoms with Crippen LogP contribution in [0.25, 0.3) is 0 Å². The maximum Gasteiger partial charge on any atom is 0.126 e. The average Bonchev–Trinajstić information content (AvgIpc) is 2.48. The van der Waals surface area contributed by atoms with Crippen LogP contribution in [0.3, 0.4) is 0 Å². The Morgan fingerprint density at radius 2 is 1.95 bits per heavy atom. The molecule has 0 bridgehead atoms. The van der Waals surface area contributed by atoms with E-state index in [1.165, 1.54) is 58.0 Å². The smallest absolute Gasteiger partial charge is 0.126 e. The van der Waals surface area contributed by atoms with Gasteiger partial charge in [0.15, 0.2) is 0 Å². The lowest BCUT2D eigenvalue weighted by atomic mass is 9.92. The third kappa shape index (κ3) is 3.51. The monoisotopic (exact) mass is 273 g/mol. The lowest BCUT2D eigenvalue weighted by Crippen LogP contribution is -2.47. The van der Waals surface area contributed by atoms with E-state index in [1.807, 2.05) is 0 Å². The molecule has 1 N–H and O–H groups in total. The summed E-state index contributed by atoms with van der Waals surface area (Å²) in [5.41, 5.74) is 1.09. The van der Waals surface area contributed by atoms with Crippen LogP contribution < -0.4 is 5.32 Å². The molecule has 0 aromatic carbocycles. The summed E-state index contributed by atoms with van der Waals surface area (Å²) in [4.78, 5) is 7.31. The standard InChI is InChI=1S/C17H27N3/c1-14-7-5-11-17(18-14)19-15-8-6-12-20(13-15)16-9-3-2-4-10-16/h5,7,11,15-16H,2-4,6,8-10,12-13H2,1H3,(H,18,19). The Labute approximate surface area is 122 Å². The first kappa shape index (κ1) is 13.9. The number of likely N-dealkylation sites (tertiary alicyclic amines) is 1. The fourth-order valence-electron chi connectivity index (χ4n) is 3.73. The van der Waals surface area contributed by atoms with Crippen molar-refractivity contribution >= 4 is 5.82 Å². The SMILES string of the molecule is Cc1cccc(NC2CCCN(C3CCCCC3)C2)n1. The van der Waals surface area contributed by atoms with E-state index in [1.54, 1.807) is 0 Å². The van der Waals surface area contributed by atoms with E-state index in [9.17, 15) is 0 Å². The first-order valence-corrected chi connectivity index (χ1v) is 8.25. The highest BCUT2D eigenvalue weighted by Crippen LogP contribution is 2.26. The predicted molar refractivity (Wildman–Crippen MR) is 84.1 cm³/mol. The molecule has 1 saturated heterocycles. The molecule has 1 unspecified atom stereocenters. The predicted octanol–water partition coefficient (Wildman–Crippen LogP) is 3.60. The van der Waals surface area contributed by atoms with Gasteiger partial charge in [-0.25, -0.2) is 4.98 Å². The number of nitrogens with zero attached hydrogens (tertiary/aromatic N) is 2. The lowest BCUT2D eigenvalue weighted by molar-refractivity contribution is 0.124. The van der Waals surface area contributed by atoms with E-state index in [-0.39, 0.29) is 0 Å². The minimum atomic E-state index is 0.569. The number of rotatable bonds is 3. The molecular formula is C17H27N3. The Balaban J connectivity index is 1.57. The molecule has 2 fully saturated rings. The molecule has 3 heteroatoms. The van der Waals surface area contributed by atoms with E-state index in [0.717, 1.165) is 17.6 Å². The zero-order valence-electron chi connectivity index (χ0n) is 12.6. The molecule has 1 saturated carbocycles. The molecule has 3 nitrogen and oxygen atoms in total. The van der Waals surface area contributed by atoms with Gasteiger partial charge < -0.3 is 5.32 Å². The Kier molecular flexibility index (Phi) is 4.56. The zero-order chi connectivity index (χ0) is 13.8. The van der Waals surface area contributed by atoms with Crippen LogP contribution in [0, 0.1) is 6.92 Å². The third-order valence-electron chi connectivity index (χ3n) is 4.78. The van der Waals surface area contributed by atoms with Gasteiger partial charge in [0.2, 0.25) is 0 Å². The molecule has 0 spiro atoms. The van der Waals surface area contributed by atoms with Crippen LogP contribution in [0.15, 0.2) is 18.2 Å². The summed E-state index contributed by atoms with van der Waals surface area (Å²) < 4.78 is 0. The van der Waals surface area contributed by atoms with Crippen molar-refractivity contribution in [2.24, 2.45) is 0 Å². The molecule has 1 aromatic rings. The molecule has 110 valence electrons. The van der Waals surface area contributed by atoms with Gasteiger partial charge in [-0.3, -0.25) is 4.90 Å². The quantitative estimate of drug-likeness (QED) is 0.912. The van der Waals surface area contributed by atoms with E-state index in [4.69, 9.17) is 0 Å². The van der Waals surface area contributed by atoms with E-state index in [2.05, 4.69) is 40.3 Å². The molecule has 20 heavy (non-hydrogen) atoms. The number of hydrogen-bond donors (Lipinski definition) is 1. The van der Waals surface area contributed by atoms with Crippen molar-refractivity contribution in [3.8, 4) is 0 Å². The normalized spacial score (nSPS) is 25.6. The summed E-state index contributed by atoms with van der Waals surface area (Å²) in [6, 6.07) is 7.65. The minimum absolute atomic E-state index is 0.569. The van der Waals surface area contributed by atoms with Gasteiger partial charge in [0.25, 0.3) is 0 Å². The summed E-state index contributed by atoms with van der Waals surface area (Å²) in [6.45, 7) is 4.55. The van der Waals surface area contributed by atoms with Crippen LogP contribution in [0.1, 0.15) is 50.6 Å². The van der Waals surface area contributed by atoms with Crippen LogP contribution >= 0.6 is 0 Å². The molecule has 1 aromatic heterocycles. The second-order valence-electron chi connectivity index (χ2n) is 6.43. The van der Waals surface area contributed by atoms with Crippen LogP contribution in [0.2, 0.25) is 0 Å². The molecule has 0 radical (unpaired) electrons. The highest BCUT2D eigenvalue weighted by molar-refractivity contribution is 5.36. The topological polar surface area (TPSA) is 28.2 Å². The largest absolute Gasteiger partial charge is 0.366 e. The molecular weight excluding hydrogens is 246 g/mol. The third-order valence-corrected chi connectivity index (χ3v) is 4.78. The Hall–Kier alpha value is -1.09. The number of piperidine rings is 1. The minimum Gasteiger partial charge on any atom is -0.366 e. The van der Waals surface area contributed by atoms with Crippen molar-refractivity contribution in [2.45, 2.75) is 64.0 Å². The Morgan fingerprint density at radius 1 is 1.10 bits per heavy atom. The van der Waals surface area contributed by atoms with Gasteiger partial charge in [0, 0.05) is 24.3 Å². The van der Waals surface area contributed by atoms with E-state index < -0.39 is 0 Å². The van der Waals surface area contributed by atoms with Crippen LogP contribution in [-0.2, 0) is 0 Å². The second-order valence-corrected chi connectivity index (χ2v) is 6.43. The maximum atomic E-state index is 4.58. The van der Waals surface area contributed by atoms with Crippen LogP contribution in [-0.4, -0.2) is 35.1 Å². The summed E-state index contributed by atoms with van der Waals surface area (Å²) in [6.07, 6.45) is 9.72. The fourth-order valence-corrected chi connectivity index (χ4v) is 3.73. The van der Waals surface area contributed by atoms with Crippen molar-refractivity contribution in [2.75, 3.05) is 18.4 Å². The van der Waals surface area contributed by atoms with Crippen molar-refractivity contribution in [1.29, 1.82) is 0 Å². The molecule has 1 aliphatic heterocycles. The van der Waals surface area contributed by atoms with Gasteiger partial charge in [-0.1, -0.05) is 25.3 Å². The molecule has 1 atom stereocenters. The van der Waals surface area contributed by atoms with Crippen molar-refractivity contribution in [3.63, 3.8) is 0 Å². The Morgan fingerprint density at radius 3 is 2.75 bits per heavy atom. The van der Waals surface area contributed by atoms with E-state index in [0.29, 0.717) is 6.04 Å². The number of pyridine rings is 1. The molecule has 2 heterocycles. The van der Waals surface area contributed by atoms with Gasteiger partial charge in [-0.15, -0.1) is 0 Å². The maximum absolute atomic E-state index is 4.58. The summed E-state index contributed by atoms with van der Waals surface area (Å²) >= 11 is 0. The number of aromatic nitrogens is 1. The number of hydrogen-bond acceptors (Lipinski definition) is 3. The number of anilines is 1. The first-order valence-electron chi connectivity index (χ1n) is 8.25. The molecule has 0 amide bonds. The van der Waals surface area contributed by atoms with Crippen LogP contribution in [0.4, 0.5) is 5.82 Å². The van der Waals surface area contributed by atoms with Crippen molar-refractivity contribution < 1.29 is 0 Å². The average molecular weight is 273 g/mol. The summed E-state index contributed by atoms with van der Waals surface area (Å²) in [5, 5.41) is 3.64. The van der Waals surface area contributed by atoms with E-state index >= 15 is 0 Å². The molecule has 3 rings (SSSR count). The number of aryl methyl sites for hydroxylation is 1. The molecule has 1 aliphatic carbocycles. The number of nitrogens with one attached hydrogen (secondary N) is 1. The molecule has 2 aliphatic rings. The van der Waals surface area contributed by atoms with Crippen molar-refractivity contribution in [1.82, 2.24) is 9.88 Å². The zero-order valence-corrected chi connectivity index (χ0v) is 12.6. The first-order chi connectivity index (χ1) is 9.81. The second kappa shape index (κ2) is 6.57. The lowest BCUT2D eigenvalue weighted by Gasteiger charge is -2.40. The highest BCUT2D eigenvalue weighted by atomic mass is 15.2.